The summed E-state index contributed by atoms with van der Waals surface area (Å²) in [5.74, 6) is -1.07. The van der Waals surface area contributed by atoms with Crippen LogP contribution in [-0.4, -0.2) is 44.4 Å². The van der Waals surface area contributed by atoms with Crippen LogP contribution >= 0.6 is 10.7 Å². The summed E-state index contributed by atoms with van der Waals surface area (Å²) in [6.45, 7) is -1.25. The second-order valence-electron chi connectivity index (χ2n) is 4.31. The number of nitrogens with zero attached hydrogens (tertiary/aromatic N) is 1. The summed E-state index contributed by atoms with van der Waals surface area (Å²) in [4.78, 5) is 11.2. The van der Waals surface area contributed by atoms with Crippen molar-refractivity contribution in [3.63, 3.8) is 0 Å². The summed E-state index contributed by atoms with van der Waals surface area (Å²) in [5, 5.41) is 0. The van der Waals surface area contributed by atoms with Gasteiger partial charge in [-0.05, 0) is 6.07 Å². The number of ether oxygens (including phenoxy) is 2. The number of aromatic nitrogens is 1. The Labute approximate surface area is 121 Å². The molecule has 2 rings (SSSR count). The molecule has 0 radical (unpaired) electrons. The van der Waals surface area contributed by atoms with E-state index >= 15 is 0 Å². The molecule has 1 aliphatic rings. The second kappa shape index (κ2) is 5.50. The van der Waals surface area contributed by atoms with Crippen molar-refractivity contribution in [2.45, 2.75) is 23.7 Å². The van der Waals surface area contributed by atoms with Crippen molar-refractivity contribution >= 4 is 25.7 Å². The van der Waals surface area contributed by atoms with Crippen molar-refractivity contribution in [3.05, 3.63) is 18.0 Å². The fraction of sp³-hybridized carbons (Fsp3) is 0.500. The van der Waals surface area contributed by atoms with Gasteiger partial charge in [-0.2, -0.15) is 13.2 Å². The van der Waals surface area contributed by atoms with Gasteiger partial charge < -0.3 is 14.0 Å². The lowest BCUT2D eigenvalue weighted by atomic mass is 10.3. The number of carbonyl (C=O) groups is 1. The Bertz CT molecular complexity index is 650. The number of alkyl halides is 3. The minimum absolute atomic E-state index is 0.145. The first-order chi connectivity index (χ1) is 9.56. The highest BCUT2D eigenvalue weighted by molar-refractivity contribution is 8.13. The average molecular weight is 348 g/mol. The normalized spacial score (nSPS) is 16.6. The van der Waals surface area contributed by atoms with Crippen LogP contribution in [0.3, 0.4) is 0 Å². The van der Waals surface area contributed by atoms with Crippen LogP contribution in [0, 0.1) is 0 Å². The lowest BCUT2D eigenvalue weighted by Gasteiger charge is -2.25. The number of carbonyl (C=O) groups excluding carboxylic acids is 1. The van der Waals surface area contributed by atoms with Gasteiger partial charge in [0.05, 0.1) is 13.2 Å². The van der Waals surface area contributed by atoms with Crippen LogP contribution in [0.5, 0.6) is 0 Å². The van der Waals surface area contributed by atoms with Gasteiger partial charge in [0.15, 0.2) is 0 Å². The molecule has 1 aromatic rings. The van der Waals surface area contributed by atoms with E-state index in [1.165, 1.54) is 0 Å². The molecule has 1 fully saturated rings. The molecule has 0 saturated carbocycles. The Balaban J connectivity index is 2.31. The maximum Gasteiger partial charge on any atom is 0.406 e. The molecule has 6 nitrogen and oxygen atoms in total. The Morgan fingerprint density at radius 2 is 2.10 bits per heavy atom. The van der Waals surface area contributed by atoms with Crippen molar-refractivity contribution in [2.24, 2.45) is 0 Å². The SMILES string of the molecule is O=C(OC1COC1)c1cc(S(=O)(=O)Cl)cn1CC(F)(F)F. The smallest absolute Gasteiger partial charge is 0.406 e. The molecule has 0 unspecified atom stereocenters. The molecule has 0 amide bonds. The molecule has 1 saturated heterocycles. The highest BCUT2D eigenvalue weighted by Gasteiger charge is 2.33. The van der Waals surface area contributed by atoms with E-state index in [1.807, 2.05) is 0 Å². The highest BCUT2D eigenvalue weighted by Crippen LogP contribution is 2.24. The maximum atomic E-state index is 12.5. The topological polar surface area (TPSA) is 74.6 Å². The molecule has 0 aromatic carbocycles. The van der Waals surface area contributed by atoms with Crippen molar-refractivity contribution in [1.29, 1.82) is 0 Å². The summed E-state index contributed by atoms with van der Waals surface area (Å²) in [6.07, 6.45) is -4.55. The van der Waals surface area contributed by atoms with Gasteiger partial charge in [-0.25, -0.2) is 13.2 Å². The minimum Gasteiger partial charge on any atom is -0.453 e. The average Bonchev–Trinajstić information content (AvgIpc) is 2.64. The van der Waals surface area contributed by atoms with E-state index < -0.39 is 44.4 Å². The molecule has 21 heavy (non-hydrogen) atoms. The van der Waals surface area contributed by atoms with Crippen molar-refractivity contribution < 1.29 is 35.9 Å². The Hall–Kier alpha value is -1.26. The van der Waals surface area contributed by atoms with Gasteiger partial charge in [0, 0.05) is 16.9 Å². The largest absolute Gasteiger partial charge is 0.453 e. The van der Waals surface area contributed by atoms with E-state index in [9.17, 15) is 26.4 Å². The molecule has 0 bridgehead atoms. The van der Waals surface area contributed by atoms with Crippen LogP contribution in [0.4, 0.5) is 13.2 Å². The summed E-state index contributed by atoms with van der Waals surface area (Å²) in [7, 11) is 0.807. The van der Waals surface area contributed by atoms with Gasteiger partial charge in [0.2, 0.25) is 0 Å². The van der Waals surface area contributed by atoms with Crippen LogP contribution < -0.4 is 0 Å². The van der Waals surface area contributed by atoms with Gasteiger partial charge in [-0.3, -0.25) is 0 Å². The minimum atomic E-state index is -4.64. The van der Waals surface area contributed by atoms with Crippen LogP contribution in [-0.2, 0) is 25.1 Å². The number of hydrogen-bond acceptors (Lipinski definition) is 5. The molecule has 11 heteroatoms. The third-order valence-electron chi connectivity index (χ3n) is 2.59. The van der Waals surface area contributed by atoms with E-state index in [-0.39, 0.29) is 13.2 Å². The fourth-order valence-electron chi connectivity index (χ4n) is 1.61. The zero-order chi connectivity index (χ0) is 15.8. The highest BCUT2D eigenvalue weighted by atomic mass is 35.7. The Kier molecular flexibility index (Phi) is 4.22. The molecule has 1 aliphatic heterocycles. The van der Waals surface area contributed by atoms with Gasteiger partial charge >= 0.3 is 12.1 Å². The summed E-state index contributed by atoms with van der Waals surface area (Å²) in [5.41, 5.74) is -0.543. The summed E-state index contributed by atoms with van der Waals surface area (Å²) in [6, 6.07) is 0.746. The molecule has 0 spiro atoms. The fourth-order valence-corrected chi connectivity index (χ4v) is 2.36. The first-order valence-electron chi connectivity index (χ1n) is 5.56. The molecule has 1 aromatic heterocycles. The quantitative estimate of drug-likeness (QED) is 0.610. The molecule has 0 N–H and O–H groups in total. The maximum absolute atomic E-state index is 12.5. The zero-order valence-corrected chi connectivity index (χ0v) is 11.8. The number of rotatable bonds is 4. The molecular formula is C10H9ClF3NO5S. The first-order valence-corrected chi connectivity index (χ1v) is 7.87. The monoisotopic (exact) mass is 347 g/mol. The van der Waals surface area contributed by atoms with Crippen molar-refractivity contribution in [1.82, 2.24) is 4.57 Å². The van der Waals surface area contributed by atoms with Gasteiger partial charge in [-0.15, -0.1) is 0 Å². The molecule has 0 atom stereocenters. The zero-order valence-electron chi connectivity index (χ0n) is 10.3. The standard InChI is InChI=1S/C10H9ClF3NO5S/c11-21(17,18)7-1-8(9(16)20-6-3-19-4-6)15(2-7)5-10(12,13)14/h1-2,6H,3-5H2. The summed E-state index contributed by atoms with van der Waals surface area (Å²) >= 11 is 0. The van der Waals surface area contributed by atoms with Gasteiger partial charge in [0.1, 0.15) is 23.2 Å². The van der Waals surface area contributed by atoms with E-state index in [0.717, 1.165) is 6.07 Å². The lowest BCUT2D eigenvalue weighted by Crippen LogP contribution is -2.38. The van der Waals surface area contributed by atoms with Gasteiger partial charge in [-0.1, -0.05) is 0 Å². The van der Waals surface area contributed by atoms with Crippen LogP contribution in [0.25, 0.3) is 0 Å². The summed E-state index contributed by atoms with van der Waals surface area (Å²) < 4.78 is 69.8. The Morgan fingerprint density at radius 1 is 1.48 bits per heavy atom. The van der Waals surface area contributed by atoms with Crippen LogP contribution in [0.1, 0.15) is 10.5 Å². The van der Waals surface area contributed by atoms with Gasteiger partial charge in [0.25, 0.3) is 9.05 Å². The molecule has 0 aliphatic carbocycles. The van der Waals surface area contributed by atoms with Crippen LogP contribution in [0.2, 0.25) is 0 Å². The predicted octanol–water partition coefficient (Wildman–Crippen LogP) is 1.53. The van der Waals surface area contributed by atoms with Crippen LogP contribution in [0.15, 0.2) is 17.2 Å². The Morgan fingerprint density at radius 3 is 2.52 bits per heavy atom. The number of esters is 1. The van der Waals surface area contributed by atoms with E-state index in [2.05, 4.69) is 0 Å². The molecule has 118 valence electrons. The third kappa shape index (κ3) is 4.11. The predicted molar refractivity (Wildman–Crippen MR) is 63.5 cm³/mol. The van der Waals surface area contributed by atoms with E-state index in [1.54, 1.807) is 0 Å². The number of halogens is 4. The first kappa shape index (κ1) is 16.1. The van der Waals surface area contributed by atoms with Crippen molar-refractivity contribution in [3.8, 4) is 0 Å². The van der Waals surface area contributed by atoms with Crippen molar-refractivity contribution in [2.75, 3.05) is 13.2 Å². The molecular weight excluding hydrogens is 339 g/mol. The third-order valence-corrected chi connectivity index (χ3v) is 3.91. The second-order valence-corrected chi connectivity index (χ2v) is 6.87. The lowest BCUT2D eigenvalue weighted by molar-refractivity contribution is -0.141. The van der Waals surface area contributed by atoms with E-state index in [0.29, 0.717) is 10.8 Å². The molecule has 2 heterocycles. The van der Waals surface area contributed by atoms with E-state index in [4.69, 9.17) is 20.2 Å². The number of hydrogen-bond donors (Lipinski definition) is 0.